The minimum atomic E-state index is -0.549. The smallest absolute Gasteiger partial charge is 0.257 e. The van der Waals surface area contributed by atoms with E-state index in [1.54, 1.807) is 19.3 Å². The van der Waals surface area contributed by atoms with Crippen LogP contribution in [0, 0.1) is 6.92 Å². The summed E-state index contributed by atoms with van der Waals surface area (Å²) < 4.78 is 13.2. The standard InChI is InChI=1S/C33H43FN6OS/c1-6-27(32-23(3)19-31(42-32)28(24(4)35)22-36-14-13-34)33(41)39-30-20-26(21-38-25(30)5)29(7-2)37-15-18-40-16-11-9-8-10-12-17-40/h6,19-22,37H,1-3,8-18,35H2,4-5H3,(H,39,41)/b28-24+,32-27-,36-22?. The second-order valence-electron chi connectivity index (χ2n) is 10.3. The number of pyridine rings is 1. The van der Waals surface area contributed by atoms with Gasteiger partial charge in [0, 0.05) is 51.7 Å². The van der Waals surface area contributed by atoms with Crippen molar-refractivity contribution in [3.05, 3.63) is 74.9 Å². The van der Waals surface area contributed by atoms with Gasteiger partial charge < -0.3 is 21.3 Å². The van der Waals surface area contributed by atoms with Crippen molar-refractivity contribution in [2.45, 2.75) is 46.0 Å². The lowest BCUT2D eigenvalue weighted by Crippen LogP contribution is -2.33. The Balaban J connectivity index is 1.80. The Morgan fingerprint density at radius 2 is 1.98 bits per heavy atom. The molecule has 0 atom stereocenters. The van der Waals surface area contributed by atoms with Crippen molar-refractivity contribution in [1.82, 2.24) is 15.2 Å². The number of hydrogen-bond donors (Lipinski definition) is 3. The zero-order valence-electron chi connectivity index (χ0n) is 24.9. The van der Waals surface area contributed by atoms with Crippen molar-refractivity contribution >= 4 is 52.6 Å². The molecule has 2 aromatic heterocycles. The van der Waals surface area contributed by atoms with E-state index >= 15 is 0 Å². The first-order valence-electron chi connectivity index (χ1n) is 14.4. The second kappa shape index (κ2) is 16.6. The molecule has 1 aliphatic rings. The second-order valence-corrected chi connectivity index (χ2v) is 11.4. The number of amides is 1. The van der Waals surface area contributed by atoms with Crippen LogP contribution in [0.3, 0.4) is 0 Å². The van der Waals surface area contributed by atoms with Gasteiger partial charge >= 0.3 is 0 Å². The minimum Gasteiger partial charge on any atom is -0.402 e. The van der Waals surface area contributed by atoms with Gasteiger partial charge in [-0.2, -0.15) is 0 Å². The average Bonchev–Trinajstić information content (AvgIpc) is 3.32. The molecule has 0 unspecified atom stereocenters. The number of aliphatic imine (C=N–C) groups is 1. The monoisotopic (exact) mass is 590 g/mol. The number of carbonyl (C=O) groups is 1. The lowest BCUT2D eigenvalue weighted by atomic mass is 10.1. The Morgan fingerprint density at radius 1 is 1.26 bits per heavy atom. The molecule has 9 heteroatoms. The van der Waals surface area contributed by atoms with Crippen molar-refractivity contribution in [2.75, 3.05) is 44.7 Å². The highest BCUT2D eigenvalue weighted by molar-refractivity contribution is 7.11. The van der Waals surface area contributed by atoms with Gasteiger partial charge in [0.05, 0.1) is 29.2 Å². The van der Waals surface area contributed by atoms with E-state index < -0.39 is 6.67 Å². The molecule has 3 heterocycles. The first-order valence-corrected chi connectivity index (χ1v) is 15.2. The number of alkyl halides is 1. The van der Waals surface area contributed by atoms with Crippen molar-refractivity contribution < 1.29 is 9.18 Å². The summed E-state index contributed by atoms with van der Waals surface area (Å²) in [6, 6.07) is 3.72. The van der Waals surface area contributed by atoms with Crippen LogP contribution >= 0.6 is 11.3 Å². The Kier molecular flexibility index (Phi) is 12.9. The third-order valence-electron chi connectivity index (χ3n) is 7.11. The van der Waals surface area contributed by atoms with Crippen molar-refractivity contribution in [3.63, 3.8) is 0 Å². The molecule has 0 spiro atoms. The van der Waals surface area contributed by atoms with Crippen LogP contribution in [0.25, 0.3) is 23.4 Å². The minimum absolute atomic E-state index is 0.0574. The number of nitrogens with two attached hydrogens (primary N) is 1. The predicted octanol–water partition coefficient (Wildman–Crippen LogP) is 4.55. The van der Waals surface area contributed by atoms with Crippen LogP contribution < -0.4 is 26.1 Å². The summed E-state index contributed by atoms with van der Waals surface area (Å²) in [7, 11) is 0. The topological polar surface area (TPSA) is 95.6 Å². The number of halogens is 1. The highest BCUT2D eigenvalue weighted by atomic mass is 32.1. The molecule has 3 rings (SSSR count). The van der Waals surface area contributed by atoms with Crippen LogP contribution in [0.15, 0.2) is 54.0 Å². The number of rotatable bonds is 12. The molecule has 1 fully saturated rings. The Hall–Kier alpha value is -3.78. The van der Waals surface area contributed by atoms with Gasteiger partial charge in [0.25, 0.3) is 5.91 Å². The normalized spacial score (nSPS) is 15.7. The quantitative estimate of drug-likeness (QED) is 0.249. The number of carbonyl (C=O) groups excluding carboxylic acids is 1. The molecule has 1 amide bonds. The van der Waals surface area contributed by atoms with Gasteiger partial charge in [0.15, 0.2) is 0 Å². The third kappa shape index (κ3) is 9.11. The highest BCUT2D eigenvalue weighted by Gasteiger charge is 2.15. The number of aryl methyl sites for hydroxylation is 1. The summed E-state index contributed by atoms with van der Waals surface area (Å²) >= 11 is 1.36. The maximum atomic E-state index is 13.5. The fourth-order valence-corrected chi connectivity index (χ4v) is 5.99. The number of nitrogens with one attached hydrogen (secondary N) is 2. The first-order chi connectivity index (χ1) is 20.3. The van der Waals surface area contributed by atoms with E-state index in [2.05, 4.69) is 51.0 Å². The molecular formula is C33H43FN6OS. The van der Waals surface area contributed by atoms with Crippen LogP contribution in [-0.2, 0) is 4.79 Å². The van der Waals surface area contributed by atoms with Gasteiger partial charge in [0.2, 0.25) is 0 Å². The van der Waals surface area contributed by atoms with E-state index in [1.165, 1.54) is 49.5 Å². The van der Waals surface area contributed by atoms with Crippen LogP contribution in [0.1, 0.15) is 55.2 Å². The van der Waals surface area contributed by atoms with Crippen LogP contribution in [0.4, 0.5) is 10.1 Å². The summed E-state index contributed by atoms with van der Waals surface area (Å²) in [5, 5.41) is 7.10. The molecule has 7 nitrogen and oxygen atoms in total. The van der Waals surface area contributed by atoms with E-state index in [9.17, 15) is 9.18 Å². The zero-order valence-corrected chi connectivity index (χ0v) is 25.7. The van der Waals surface area contributed by atoms with Crippen LogP contribution in [0.5, 0.6) is 0 Å². The number of likely N-dealkylation sites (tertiary alicyclic amines) is 1. The van der Waals surface area contributed by atoms with Gasteiger partial charge in [-0.15, -0.1) is 17.1 Å². The van der Waals surface area contributed by atoms with Crippen molar-refractivity contribution in [3.8, 4) is 0 Å². The number of anilines is 1. The maximum absolute atomic E-state index is 13.5. The van der Waals surface area contributed by atoms with E-state index in [0.29, 0.717) is 38.0 Å². The highest BCUT2D eigenvalue weighted by Crippen LogP contribution is 2.21. The van der Waals surface area contributed by atoms with E-state index in [0.717, 1.165) is 42.3 Å². The summed E-state index contributed by atoms with van der Waals surface area (Å²) in [6.07, 6.45) is 11.3. The van der Waals surface area contributed by atoms with Gasteiger partial charge in [-0.1, -0.05) is 45.1 Å². The molecule has 42 heavy (non-hydrogen) atoms. The number of hydrogen-bond acceptors (Lipinski definition) is 7. The summed E-state index contributed by atoms with van der Waals surface area (Å²) in [4.78, 5) is 25.4. The Bertz CT molecular complexity index is 1470. The molecule has 1 aliphatic heterocycles. The van der Waals surface area contributed by atoms with Crippen molar-refractivity contribution in [1.29, 1.82) is 0 Å². The number of allylic oxidation sites excluding steroid dienone is 2. The number of thiophene rings is 1. The van der Waals surface area contributed by atoms with E-state index in [-0.39, 0.29) is 12.5 Å². The maximum Gasteiger partial charge on any atom is 0.257 e. The fourth-order valence-electron chi connectivity index (χ4n) is 4.77. The van der Waals surface area contributed by atoms with E-state index in [1.807, 2.05) is 19.1 Å². The fraction of sp³-hybridized carbons (Fsp3) is 0.394. The first kappa shape index (κ1) is 32.7. The molecule has 1 saturated heterocycles. The molecule has 2 aromatic rings. The van der Waals surface area contributed by atoms with E-state index in [4.69, 9.17) is 5.73 Å². The Morgan fingerprint density at radius 3 is 2.62 bits per heavy atom. The molecule has 0 bridgehead atoms. The van der Waals surface area contributed by atoms with Crippen LogP contribution in [-0.4, -0.2) is 61.4 Å². The van der Waals surface area contributed by atoms with Crippen molar-refractivity contribution in [2.24, 2.45) is 10.7 Å². The van der Waals surface area contributed by atoms with Gasteiger partial charge in [-0.25, -0.2) is 4.39 Å². The molecule has 0 aliphatic carbocycles. The predicted molar refractivity (Wildman–Crippen MR) is 176 cm³/mol. The summed E-state index contributed by atoms with van der Waals surface area (Å²) in [5.41, 5.74) is 13.4. The largest absolute Gasteiger partial charge is 0.402 e. The Labute approximate surface area is 252 Å². The molecule has 224 valence electrons. The van der Waals surface area contributed by atoms with Gasteiger partial charge in [0.1, 0.15) is 6.67 Å². The van der Waals surface area contributed by atoms with Gasteiger partial charge in [-0.3, -0.25) is 14.8 Å². The zero-order chi connectivity index (χ0) is 30.5. The van der Waals surface area contributed by atoms with Gasteiger partial charge in [-0.05, 0) is 57.1 Å². The molecule has 4 N–H and O–H groups in total. The van der Waals surface area contributed by atoms with Crippen LogP contribution in [0.2, 0.25) is 0 Å². The number of nitrogens with zero attached hydrogens (tertiary/aromatic N) is 3. The average molecular weight is 591 g/mol. The molecular weight excluding hydrogens is 547 g/mol. The number of aromatic nitrogens is 1. The molecule has 0 radical (unpaired) electrons. The summed E-state index contributed by atoms with van der Waals surface area (Å²) in [6.45, 7) is 19.0. The SMILES string of the molecule is C=C=C(NCCN1CCCCCCC1)c1cnc(C)c(NC(=O)/C(C=C)=c2\sc(/C(C=NCCF)=C(\C)N)cc2=C)c1. The summed E-state index contributed by atoms with van der Waals surface area (Å²) in [5.74, 6) is -0.333. The third-order valence-corrected chi connectivity index (χ3v) is 8.35. The lowest BCUT2D eigenvalue weighted by Gasteiger charge is -2.24. The molecule has 0 aromatic carbocycles. The lowest BCUT2D eigenvalue weighted by molar-refractivity contribution is -0.111. The molecule has 0 saturated carbocycles.